The van der Waals surface area contributed by atoms with Gasteiger partial charge in [-0.25, -0.2) is 4.99 Å². The van der Waals surface area contributed by atoms with E-state index in [2.05, 4.69) is 18.8 Å². The number of allylic oxidation sites excluding steroid dienone is 2. The van der Waals surface area contributed by atoms with Crippen LogP contribution in [0.5, 0.6) is 0 Å². The molecule has 27 heavy (non-hydrogen) atoms. The lowest BCUT2D eigenvalue weighted by Crippen LogP contribution is -2.47. The van der Waals surface area contributed by atoms with Gasteiger partial charge in [-0.15, -0.1) is 0 Å². The fraction of sp³-hybridized carbons (Fsp3) is 0.810. The Bertz CT molecular complexity index is 687. The van der Waals surface area contributed by atoms with Crippen molar-refractivity contribution in [2.24, 2.45) is 39.1 Å². The second-order valence-corrected chi connectivity index (χ2v) is 11.9. The number of hydrogen-bond donors (Lipinski definition) is 2. The van der Waals surface area contributed by atoms with Gasteiger partial charge in [0.1, 0.15) is 0 Å². The fourth-order valence-corrected chi connectivity index (χ4v) is 9.30. The zero-order valence-electron chi connectivity index (χ0n) is 16.6. The maximum absolute atomic E-state index is 13.1. The molecule has 150 valence electrons. The first-order valence-electron chi connectivity index (χ1n) is 10.5. The van der Waals surface area contributed by atoms with Crippen LogP contribution in [0, 0.1) is 22.7 Å². The van der Waals surface area contributed by atoms with Crippen LogP contribution < -0.4 is 11.5 Å². The molecule has 2 fully saturated rings. The van der Waals surface area contributed by atoms with E-state index in [-0.39, 0.29) is 22.8 Å². The van der Waals surface area contributed by atoms with Crippen molar-refractivity contribution >= 4 is 33.3 Å². The summed E-state index contributed by atoms with van der Waals surface area (Å²) in [6.07, 6.45) is 8.68. The summed E-state index contributed by atoms with van der Waals surface area (Å²) in [5.74, 6) is 4.13. The average Bonchev–Trinajstić information content (AvgIpc) is 2.94. The number of hydrogen-bond acceptors (Lipinski definition) is 4. The van der Waals surface area contributed by atoms with Crippen LogP contribution in [0.4, 0.5) is 0 Å². The summed E-state index contributed by atoms with van der Waals surface area (Å²) in [5, 5.41) is 0. The molecule has 2 saturated carbocycles. The molecule has 4 N–H and O–H groups in total. The van der Waals surface area contributed by atoms with E-state index in [0.29, 0.717) is 11.7 Å². The molecule has 4 aliphatic rings. The van der Waals surface area contributed by atoms with Crippen LogP contribution in [0.2, 0.25) is 0 Å². The van der Waals surface area contributed by atoms with Crippen molar-refractivity contribution in [3.05, 3.63) is 11.1 Å². The third kappa shape index (κ3) is 3.06. The highest BCUT2D eigenvalue weighted by molar-refractivity contribution is 8.76. The van der Waals surface area contributed by atoms with E-state index in [0.717, 1.165) is 43.1 Å². The van der Waals surface area contributed by atoms with E-state index in [4.69, 9.17) is 11.5 Å². The van der Waals surface area contributed by atoms with Gasteiger partial charge in [-0.2, -0.15) is 0 Å². The molecule has 0 aromatic carbocycles. The monoisotopic (exact) mass is 407 g/mol. The largest absolute Gasteiger partial charge is 0.370 e. The van der Waals surface area contributed by atoms with Crippen LogP contribution in [0.15, 0.2) is 16.1 Å². The second-order valence-electron chi connectivity index (χ2n) is 9.28. The number of rotatable bonds is 1. The molecule has 1 heterocycles. The van der Waals surface area contributed by atoms with Gasteiger partial charge in [0, 0.05) is 23.3 Å². The van der Waals surface area contributed by atoms with E-state index in [1.807, 2.05) is 21.6 Å². The molecule has 4 rings (SSSR count). The average molecular weight is 408 g/mol. The first kappa shape index (κ1) is 19.7. The summed E-state index contributed by atoms with van der Waals surface area (Å²) in [4.78, 5) is 17.6. The minimum atomic E-state index is 0.154. The molecular formula is C21H33N3OS2. The van der Waals surface area contributed by atoms with E-state index in [1.54, 1.807) is 5.57 Å². The maximum Gasteiger partial charge on any atom is 0.186 e. The Morgan fingerprint density at radius 2 is 2.04 bits per heavy atom. The molecule has 0 radical (unpaired) electrons. The van der Waals surface area contributed by atoms with Crippen LogP contribution in [-0.4, -0.2) is 29.3 Å². The summed E-state index contributed by atoms with van der Waals surface area (Å²) in [6, 6.07) is 0.162. The number of carbonyl (C=O) groups is 1. The lowest BCUT2D eigenvalue weighted by atomic mass is 9.51. The highest BCUT2D eigenvalue weighted by Gasteiger charge is 2.67. The predicted molar refractivity (Wildman–Crippen MR) is 117 cm³/mol. The number of guanidine groups is 1. The third-order valence-electron chi connectivity index (χ3n) is 8.18. The van der Waals surface area contributed by atoms with E-state index in [9.17, 15) is 4.79 Å². The van der Waals surface area contributed by atoms with Crippen molar-refractivity contribution in [2.45, 2.75) is 71.3 Å². The minimum absolute atomic E-state index is 0.154. The summed E-state index contributed by atoms with van der Waals surface area (Å²) >= 11 is 0. The number of nitrogens with zero attached hydrogens (tertiary/aromatic N) is 1. The van der Waals surface area contributed by atoms with Gasteiger partial charge in [0.05, 0.1) is 6.04 Å². The van der Waals surface area contributed by atoms with Gasteiger partial charge in [-0.1, -0.05) is 41.0 Å². The highest BCUT2D eigenvalue weighted by Crippen LogP contribution is 2.73. The van der Waals surface area contributed by atoms with E-state index >= 15 is 0 Å². The summed E-state index contributed by atoms with van der Waals surface area (Å²) in [5.41, 5.74) is 14.5. The molecule has 1 spiro atoms. The molecule has 6 heteroatoms. The Balaban J connectivity index is 1.68. The van der Waals surface area contributed by atoms with Crippen molar-refractivity contribution in [3.8, 4) is 0 Å². The molecule has 3 aliphatic carbocycles. The van der Waals surface area contributed by atoms with Crippen molar-refractivity contribution in [2.75, 3.05) is 11.5 Å². The Morgan fingerprint density at radius 3 is 2.81 bits per heavy atom. The van der Waals surface area contributed by atoms with E-state index in [1.165, 1.54) is 31.3 Å². The zero-order valence-corrected chi connectivity index (χ0v) is 18.3. The summed E-state index contributed by atoms with van der Waals surface area (Å²) < 4.78 is 0. The minimum Gasteiger partial charge on any atom is -0.370 e. The van der Waals surface area contributed by atoms with Crippen LogP contribution >= 0.6 is 21.6 Å². The molecule has 5 unspecified atom stereocenters. The smallest absolute Gasteiger partial charge is 0.186 e. The van der Waals surface area contributed by atoms with Gasteiger partial charge in [-0.05, 0) is 67.8 Å². The van der Waals surface area contributed by atoms with Crippen molar-refractivity contribution in [1.82, 2.24) is 0 Å². The molecule has 1 aliphatic heterocycles. The molecule has 0 saturated heterocycles. The Labute approximate surface area is 171 Å². The van der Waals surface area contributed by atoms with Gasteiger partial charge in [-0.3, -0.25) is 4.79 Å². The molecule has 0 amide bonds. The van der Waals surface area contributed by atoms with Crippen LogP contribution in [0.3, 0.4) is 0 Å². The normalized spacial score (nSPS) is 42.3. The van der Waals surface area contributed by atoms with Crippen LogP contribution in [0.1, 0.15) is 65.2 Å². The maximum atomic E-state index is 13.1. The molecular weight excluding hydrogens is 374 g/mol. The summed E-state index contributed by atoms with van der Waals surface area (Å²) in [6.45, 7) is 4.94. The van der Waals surface area contributed by atoms with Crippen LogP contribution in [-0.2, 0) is 4.79 Å². The topological polar surface area (TPSA) is 81.5 Å². The van der Waals surface area contributed by atoms with E-state index < -0.39 is 0 Å². The van der Waals surface area contributed by atoms with Gasteiger partial charge in [0.2, 0.25) is 0 Å². The van der Waals surface area contributed by atoms with Gasteiger partial charge in [0.25, 0.3) is 0 Å². The number of Topliss-reactive ketones (excluding diaryl/α,β-unsaturated/α-hetero) is 1. The van der Waals surface area contributed by atoms with Crippen molar-refractivity contribution in [3.63, 3.8) is 0 Å². The molecule has 5 bridgehead atoms. The first-order valence-corrected chi connectivity index (χ1v) is 13.0. The Kier molecular flexibility index (Phi) is 5.34. The lowest BCUT2D eigenvalue weighted by molar-refractivity contribution is -0.120. The summed E-state index contributed by atoms with van der Waals surface area (Å²) in [7, 11) is 3.88. The predicted octanol–water partition coefficient (Wildman–Crippen LogP) is 4.30. The first-order chi connectivity index (χ1) is 12.9. The van der Waals surface area contributed by atoms with Gasteiger partial charge >= 0.3 is 0 Å². The molecule has 5 atom stereocenters. The highest BCUT2D eigenvalue weighted by atomic mass is 33.1. The van der Waals surface area contributed by atoms with Gasteiger partial charge in [0.15, 0.2) is 11.7 Å². The Morgan fingerprint density at radius 1 is 1.22 bits per heavy atom. The quantitative estimate of drug-likeness (QED) is 0.385. The number of carbonyl (C=O) groups excluding carboxylic acids is 1. The Hall–Kier alpha value is -0.620. The molecule has 0 aromatic rings. The SMILES string of the molecule is CC1CCC2CC3=C4CCCC(N=C(N)N)CSSCCC2(C)C31CC4=O. The standard InChI is InChI=1S/C21H33N3OS2/c1-13-6-7-14-10-17-16-5-3-4-15(24-19(22)23)12-27-26-9-8-20(14,2)21(13,17)11-18(16)25/h13-15H,3-12H2,1-2H3,(H4,22,23,24). The lowest BCUT2D eigenvalue weighted by Gasteiger charge is -2.53. The molecule has 4 nitrogen and oxygen atoms in total. The van der Waals surface area contributed by atoms with Crippen molar-refractivity contribution < 1.29 is 4.79 Å². The number of nitrogens with two attached hydrogens (primary N) is 2. The fourth-order valence-electron chi connectivity index (χ4n) is 6.81. The second kappa shape index (κ2) is 7.33. The van der Waals surface area contributed by atoms with Crippen LogP contribution in [0.25, 0.3) is 0 Å². The third-order valence-corrected chi connectivity index (χ3v) is 10.6. The van der Waals surface area contributed by atoms with Crippen molar-refractivity contribution in [1.29, 1.82) is 0 Å². The zero-order chi connectivity index (χ0) is 19.2. The number of ketones is 1. The number of aliphatic imine (C=N–C) groups is 1. The molecule has 0 aromatic heterocycles. The van der Waals surface area contributed by atoms with Gasteiger partial charge < -0.3 is 11.5 Å².